The zero-order valence-electron chi connectivity index (χ0n) is 12.4. The first-order valence-corrected chi connectivity index (χ1v) is 8.45. The van der Waals surface area contributed by atoms with Gasteiger partial charge in [-0.05, 0) is 37.7 Å². The van der Waals surface area contributed by atoms with E-state index in [-0.39, 0.29) is 0 Å². The molecule has 0 spiro atoms. The summed E-state index contributed by atoms with van der Waals surface area (Å²) in [5, 5.41) is 0. The number of benzene rings is 1. The lowest BCUT2D eigenvalue weighted by Gasteiger charge is -2.33. The smallest absolute Gasteiger partial charge is 0.222 e. The molecule has 1 aromatic carbocycles. The first kappa shape index (κ1) is 15.6. The highest BCUT2D eigenvalue weighted by molar-refractivity contribution is 9.09. The highest BCUT2D eigenvalue weighted by Gasteiger charge is 2.24. The van der Waals surface area contributed by atoms with E-state index < -0.39 is 0 Å². The maximum Gasteiger partial charge on any atom is 0.222 e. The summed E-state index contributed by atoms with van der Waals surface area (Å²) in [6.07, 6.45) is 3.75. The zero-order valence-corrected chi connectivity index (χ0v) is 14.0. The van der Waals surface area contributed by atoms with Gasteiger partial charge in [0.25, 0.3) is 0 Å². The maximum atomic E-state index is 12.2. The Kier molecular flexibility index (Phi) is 5.64. The van der Waals surface area contributed by atoms with Crippen molar-refractivity contribution in [3.05, 3.63) is 35.4 Å². The van der Waals surface area contributed by atoms with Crippen LogP contribution in [0.4, 0.5) is 0 Å². The number of carbonyl (C=O) groups excluding carboxylic acids is 1. The average molecular weight is 338 g/mol. The summed E-state index contributed by atoms with van der Waals surface area (Å²) in [4.78, 5) is 14.8. The van der Waals surface area contributed by atoms with E-state index in [1.54, 1.807) is 0 Å². The van der Waals surface area contributed by atoms with Gasteiger partial charge in [-0.3, -0.25) is 4.79 Å². The van der Waals surface area contributed by atoms with Gasteiger partial charge >= 0.3 is 0 Å². The van der Waals surface area contributed by atoms with Crippen LogP contribution in [0.5, 0.6) is 0 Å². The Balaban J connectivity index is 1.77. The lowest BCUT2D eigenvalue weighted by atomic mass is 9.94. The summed E-state index contributed by atoms with van der Waals surface area (Å²) in [6, 6.07) is 8.48. The SMILES string of the molecule is Cc1ccc(CCC(=O)N2CCC(C(C)Br)CC2)cc1. The molecule has 1 aliphatic rings. The minimum absolute atomic E-state index is 0.311. The van der Waals surface area contributed by atoms with Crippen molar-refractivity contribution >= 4 is 21.8 Å². The quantitative estimate of drug-likeness (QED) is 0.761. The molecule has 1 heterocycles. The number of likely N-dealkylation sites (tertiary alicyclic amines) is 1. The van der Waals surface area contributed by atoms with E-state index in [1.807, 2.05) is 4.90 Å². The third kappa shape index (κ3) is 4.34. The fourth-order valence-corrected chi connectivity index (χ4v) is 3.30. The number of carbonyl (C=O) groups is 1. The van der Waals surface area contributed by atoms with E-state index in [0.29, 0.717) is 17.2 Å². The predicted octanol–water partition coefficient (Wildman–Crippen LogP) is 3.95. The minimum Gasteiger partial charge on any atom is -0.343 e. The van der Waals surface area contributed by atoms with Crippen LogP contribution in [0.1, 0.15) is 37.3 Å². The van der Waals surface area contributed by atoms with Gasteiger partial charge < -0.3 is 4.90 Å². The standard InChI is InChI=1S/C17H24BrNO/c1-13-3-5-15(6-4-13)7-8-17(20)19-11-9-16(10-12-19)14(2)18/h3-6,14,16H,7-12H2,1-2H3. The summed E-state index contributed by atoms with van der Waals surface area (Å²) in [7, 11) is 0. The summed E-state index contributed by atoms with van der Waals surface area (Å²) in [5.74, 6) is 1.03. The molecule has 0 saturated carbocycles. The van der Waals surface area contributed by atoms with Crippen molar-refractivity contribution in [2.24, 2.45) is 5.92 Å². The minimum atomic E-state index is 0.311. The number of hydrogen-bond acceptors (Lipinski definition) is 1. The van der Waals surface area contributed by atoms with Gasteiger partial charge in [0.05, 0.1) is 0 Å². The largest absolute Gasteiger partial charge is 0.343 e. The number of halogens is 1. The molecule has 1 fully saturated rings. The number of piperidine rings is 1. The molecule has 110 valence electrons. The number of rotatable bonds is 4. The van der Waals surface area contributed by atoms with Crippen molar-refractivity contribution in [1.82, 2.24) is 4.90 Å². The third-order valence-corrected chi connectivity index (χ3v) is 5.04. The molecule has 2 nitrogen and oxygen atoms in total. The summed E-state index contributed by atoms with van der Waals surface area (Å²) in [6.45, 7) is 6.14. The van der Waals surface area contributed by atoms with Crippen LogP contribution in [0.2, 0.25) is 0 Å². The molecule has 0 N–H and O–H groups in total. The van der Waals surface area contributed by atoms with Gasteiger partial charge in [-0.2, -0.15) is 0 Å². The van der Waals surface area contributed by atoms with Gasteiger partial charge in [0.1, 0.15) is 0 Å². The molecule has 0 aliphatic carbocycles. The van der Waals surface area contributed by atoms with Crippen molar-refractivity contribution in [3.8, 4) is 0 Å². The van der Waals surface area contributed by atoms with E-state index in [4.69, 9.17) is 0 Å². The average Bonchev–Trinajstić information content (AvgIpc) is 2.46. The lowest BCUT2D eigenvalue weighted by Crippen LogP contribution is -2.40. The Morgan fingerprint density at radius 1 is 1.30 bits per heavy atom. The van der Waals surface area contributed by atoms with E-state index in [2.05, 4.69) is 54.0 Å². The maximum absolute atomic E-state index is 12.2. The zero-order chi connectivity index (χ0) is 14.5. The van der Waals surface area contributed by atoms with Gasteiger partial charge in [-0.1, -0.05) is 52.7 Å². The van der Waals surface area contributed by atoms with Crippen molar-refractivity contribution in [3.63, 3.8) is 0 Å². The van der Waals surface area contributed by atoms with E-state index >= 15 is 0 Å². The van der Waals surface area contributed by atoms with Gasteiger partial charge in [-0.25, -0.2) is 0 Å². The van der Waals surface area contributed by atoms with Crippen molar-refractivity contribution < 1.29 is 4.79 Å². The molecule has 0 bridgehead atoms. The van der Waals surface area contributed by atoms with Crippen LogP contribution in [0.3, 0.4) is 0 Å². The molecular weight excluding hydrogens is 314 g/mol. The van der Waals surface area contributed by atoms with Crippen LogP contribution in [0, 0.1) is 12.8 Å². The van der Waals surface area contributed by atoms with Gasteiger partial charge in [-0.15, -0.1) is 0 Å². The number of aryl methyl sites for hydroxylation is 2. The molecule has 3 heteroatoms. The molecule has 1 aliphatic heterocycles. The Hall–Kier alpha value is -0.830. The second-order valence-corrected chi connectivity index (χ2v) is 7.33. The molecule has 1 saturated heterocycles. The number of alkyl halides is 1. The fraction of sp³-hybridized carbons (Fsp3) is 0.588. The van der Waals surface area contributed by atoms with Crippen molar-refractivity contribution in [1.29, 1.82) is 0 Å². The summed E-state index contributed by atoms with van der Waals surface area (Å²) < 4.78 is 0. The van der Waals surface area contributed by atoms with E-state index in [9.17, 15) is 4.79 Å². The molecule has 1 unspecified atom stereocenters. The van der Waals surface area contributed by atoms with Crippen LogP contribution < -0.4 is 0 Å². The molecule has 1 aromatic rings. The third-order valence-electron chi connectivity index (χ3n) is 4.29. The normalized spacial score (nSPS) is 18.1. The number of hydrogen-bond donors (Lipinski definition) is 0. The first-order valence-electron chi connectivity index (χ1n) is 7.53. The van der Waals surface area contributed by atoms with Crippen molar-refractivity contribution in [2.45, 2.75) is 44.4 Å². The second-order valence-electron chi connectivity index (χ2n) is 5.88. The van der Waals surface area contributed by atoms with Crippen LogP contribution in [-0.4, -0.2) is 28.7 Å². The molecule has 0 aromatic heterocycles. The molecule has 20 heavy (non-hydrogen) atoms. The van der Waals surface area contributed by atoms with Gasteiger partial charge in [0.15, 0.2) is 0 Å². The highest BCUT2D eigenvalue weighted by atomic mass is 79.9. The van der Waals surface area contributed by atoms with Crippen LogP contribution in [0.15, 0.2) is 24.3 Å². The summed E-state index contributed by atoms with van der Waals surface area (Å²) >= 11 is 3.66. The second kappa shape index (κ2) is 7.26. The molecule has 2 rings (SSSR count). The number of amides is 1. The molecule has 1 atom stereocenters. The van der Waals surface area contributed by atoms with E-state index in [0.717, 1.165) is 38.3 Å². The molecule has 0 radical (unpaired) electrons. The lowest BCUT2D eigenvalue weighted by molar-refractivity contribution is -0.132. The fourth-order valence-electron chi connectivity index (χ4n) is 2.77. The Morgan fingerprint density at radius 2 is 1.90 bits per heavy atom. The Labute approximate surface area is 130 Å². The van der Waals surface area contributed by atoms with Gasteiger partial charge in [0.2, 0.25) is 5.91 Å². The topological polar surface area (TPSA) is 20.3 Å². The first-order chi connectivity index (χ1) is 9.56. The molecular formula is C17H24BrNO. The Bertz CT molecular complexity index is 433. The predicted molar refractivity (Wildman–Crippen MR) is 87.2 cm³/mol. The van der Waals surface area contributed by atoms with Crippen LogP contribution >= 0.6 is 15.9 Å². The van der Waals surface area contributed by atoms with Crippen molar-refractivity contribution in [2.75, 3.05) is 13.1 Å². The van der Waals surface area contributed by atoms with Crippen LogP contribution in [-0.2, 0) is 11.2 Å². The van der Waals surface area contributed by atoms with Crippen LogP contribution in [0.25, 0.3) is 0 Å². The summed E-state index contributed by atoms with van der Waals surface area (Å²) in [5.41, 5.74) is 2.53. The Morgan fingerprint density at radius 3 is 2.45 bits per heavy atom. The van der Waals surface area contributed by atoms with E-state index in [1.165, 1.54) is 11.1 Å². The van der Waals surface area contributed by atoms with Gasteiger partial charge in [0, 0.05) is 24.3 Å². The number of nitrogens with zero attached hydrogens (tertiary/aromatic N) is 1. The highest BCUT2D eigenvalue weighted by Crippen LogP contribution is 2.25. The molecule has 1 amide bonds. The monoisotopic (exact) mass is 337 g/mol.